The van der Waals surface area contributed by atoms with Gasteiger partial charge in [0.05, 0.1) is 6.26 Å². The molecule has 1 aromatic carbocycles. The molecule has 7 heteroatoms. The Bertz CT molecular complexity index is 528. The van der Waals surface area contributed by atoms with E-state index in [4.69, 9.17) is 0 Å². The van der Waals surface area contributed by atoms with E-state index < -0.39 is 22.0 Å². The molecule has 0 heterocycles. The van der Waals surface area contributed by atoms with Crippen molar-refractivity contribution in [2.24, 2.45) is 0 Å². The minimum absolute atomic E-state index is 0.00665. The molecule has 1 aromatic rings. The number of benzene rings is 1. The van der Waals surface area contributed by atoms with Crippen molar-refractivity contribution in [1.82, 2.24) is 10.0 Å². The number of sulfonamides is 1. The fourth-order valence-corrected chi connectivity index (χ4v) is 2.91. The second-order valence-electron chi connectivity index (χ2n) is 5.40. The molecule has 0 aliphatic rings. The molecule has 0 unspecified atom stereocenters. The summed E-state index contributed by atoms with van der Waals surface area (Å²) in [6.07, 6.45) is -1.35. The third-order valence-electron chi connectivity index (χ3n) is 2.59. The smallest absolute Gasteiger partial charge is 0.263 e. The maximum absolute atomic E-state index is 12.4. The summed E-state index contributed by atoms with van der Waals surface area (Å²) in [7, 11) is -3.27. The summed E-state index contributed by atoms with van der Waals surface area (Å²) >= 11 is 0. The Morgan fingerprint density at radius 2 is 1.75 bits per heavy atom. The predicted molar refractivity (Wildman–Crippen MR) is 75.2 cm³/mol. The molecule has 2 N–H and O–H groups in total. The lowest BCUT2D eigenvalue weighted by Gasteiger charge is -2.25. The highest BCUT2D eigenvalue weighted by molar-refractivity contribution is 7.88. The Labute approximate surface area is 118 Å². The number of hydrogen-bond acceptors (Lipinski definition) is 3. The molecule has 0 aromatic heterocycles. The summed E-state index contributed by atoms with van der Waals surface area (Å²) in [5.41, 5.74) is 0.244. The molecule has 0 aliphatic heterocycles. The zero-order valence-electron chi connectivity index (χ0n) is 11.8. The Hall–Kier alpha value is -1.05. The highest BCUT2D eigenvalue weighted by Gasteiger charge is 2.21. The van der Waals surface area contributed by atoms with Crippen molar-refractivity contribution in [3.05, 3.63) is 35.4 Å². The summed E-state index contributed by atoms with van der Waals surface area (Å²) < 4.78 is 49.6. The first kappa shape index (κ1) is 17.0. The van der Waals surface area contributed by atoms with Crippen molar-refractivity contribution in [2.75, 3.05) is 12.8 Å². The first-order valence-corrected chi connectivity index (χ1v) is 8.05. The Morgan fingerprint density at radius 3 is 2.20 bits per heavy atom. The van der Waals surface area contributed by atoms with E-state index in [2.05, 4.69) is 10.0 Å². The number of nitrogens with one attached hydrogen (secondary N) is 2. The third-order valence-corrected chi connectivity index (χ3v) is 3.51. The van der Waals surface area contributed by atoms with Crippen LogP contribution in [0.4, 0.5) is 8.78 Å². The first-order valence-electron chi connectivity index (χ1n) is 6.16. The van der Waals surface area contributed by atoms with E-state index in [0.29, 0.717) is 13.1 Å². The summed E-state index contributed by atoms with van der Waals surface area (Å²) in [5, 5.41) is 3.10. The van der Waals surface area contributed by atoms with E-state index in [1.807, 2.05) is 0 Å². The molecule has 0 saturated carbocycles. The molecule has 0 aliphatic carbocycles. The van der Waals surface area contributed by atoms with Gasteiger partial charge in [0, 0.05) is 24.2 Å². The molecule has 20 heavy (non-hydrogen) atoms. The summed E-state index contributed by atoms with van der Waals surface area (Å²) in [4.78, 5) is 0. The first-order chi connectivity index (χ1) is 9.09. The average Bonchev–Trinajstić information content (AvgIpc) is 2.26. The number of hydrogen-bond donors (Lipinski definition) is 2. The van der Waals surface area contributed by atoms with Crippen LogP contribution < -0.4 is 10.0 Å². The lowest BCUT2D eigenvalue weighted by Crippen LogP contribution is -2.49. The van der Waals surface area contributed by atoms with Crippen LogP contribution in [-0.4, -0.2) is 26.8 Å². The zero-order chi connectivity index (χ0) is 15.4. The van der Waals surface area contributed by atoms with Gasteiger partial charge in [0.1, 0.15) is 0 Å². The van der Waals surface area contributed by atoms with Gasteiger partial charge < -0.3 is 5.32 Å². The SMILES string of the molecule is CC(C)(CNCc1ccc(C(F)F)cc1)NS(C)(=O)=O. The summed E-state index contributed by atoms with van der Waals surface area (Å²) in [6.45, 7) is 4.44. The van der Waals surface area contributed by atoms with Crippen molar-refractivity contribution in [3.8, 4) is 0 Å². The van der Waals surface area contributed by atoms with Gasteiger partial charge in [-0.2, -0.15) is 0 Å². The van der Waals surface area contributed by atoms with Crippen LogP contribution in [0.5, 0.6) is 0 Å². The second-order valence-corrected chi connectivity index (χ2v) is 7.15. The van der Waals surface area contributed by atoms with Crippen LogP contribution in [0.1, 0.15) is 31.4 Å². The van der Waals surface area contributed by atoms with Crippen LogP contribution in [0, 0.1) is 0 Å². The fourth-order valence-electron chi connectivity index (χ4n) is 1.84. The van der Waals surface area contributed by atoms with E-state index in [1.54, 1.807) is 26.0 Å². The quantitative estimate of drug-likeness (QED) is 0.810. The van der Waals surface area contributed by atoms with E-state index in [0.717, 1.165) is 11.8 Å². The second kappa shape index (κ2) is 6.60. The van der Waals surface area contributed by atoms with Crippen molar-refractivity contribution < 1.29 is 17.2 Å². The van der Waals surface area contributed by atoms with Crippen LogP contribution in [0.15, 0.2) is 24.3 Å². The van der Waals surface area contributed by atoms with Crippen molar-refractivity contribution >= 4 is 10.0 Å². The average molecular weight is 306 g/mol. The maximum Gasteiger partial charge on any atom is 0.263 e. The Morgan fingerprint density at radius 1 is 1.20 bits per heavy atom. The van der Waals surface area contributed by atoms with Gasteiger partial charge in [-0.3, -0.25) is 0 Å². The van der Waals surface area contributed by atoms with E-state index in [-0.39, 0.29) is 5.56 Å². The van der Waals surface area contributed by atoms with Crippen LogP contribution in [-0.2, 0) is 16.6 Å². The number of alkyl halides is 2. The number of halogens is 2. The molecule has 0 radical (unpaired) electrons. The standard InChI is InChI=1S/C13H20F2N2O2S/c1-13(2,17-20(3,18)19)9-16-8-10-4-6-11(7-5-10)12(14)15/h4-7,12,16-17H,8-9H2,1-3H3. The van der Waals surface area contributed by atoms with Gasteiger partial charge in [0.2, 0.25) is 10.0 Å². The molecule has 0 spiro atoms. The molecule has 0 atom stereocenters. The van der Waals surface area contributed by atoms with Crippen molar-refractivity contribution in [1.29, 1.82) is 0 Å². The lowest BCUT2D eigenvalue weighted by molar-refractivity contribution is 0.151. The van der Waals surface area contributed by atoms with E-state index >= 15 is 0 Å². The third kappa shape index (κ3) is 6.40. The molecule has 0 fully saturated rings. The molecule has 114 valence electrons. The molecule has 1 rings (SSSR count). The molecule has 0 saturated heterocycles. The van der Waals surface area contributed by atoms with Gasteiger partial charge >= 0.3 is 0 Å². The van der Waals surface area contributed by atoms with Crippen LogP contribution in [0.25, 0.3) is 0 Å². The van der Waals surface area contributed by atoms with Gasteiger partial charge in [-0.25, -0.2) is 21.9 Å². The predicted octanol–water partition coefficient (Wildman–Crippen LogP) is 2.04. The molecule has 4 nitrogen and oxygen atoms in total. The van der Waals surface area contributed by atoms with E-state index in [9.17, 15) is 17.2 Å². The fraction of sp³-hybridized carbons (Fsp3) is 0.538. The van der Waals surface area contributed by atoms with Crippen molar-refractivity contribution in [3.63, 3.8) is 0 Å². The van der Waals surface area contributed by atoms with Crippen LogP contribution >= 0.6 is 0 Å². The minimum atomic E-state index is -3.27. The van der Waals surface area contributed by atoms with E-state index in [1.165, 1.54) is 12.1 Å². The zero-order valence-corrected chi connectivity index (χ0v) is 12.6. The van der Waals surface area contributed by atoms with Gasteiger partial charge in [0.25, 0.3) is 6.43 Å². The largest absolute Gasteiger partial charge is 0.311 e. The monoisotopic (exact) mass is 306 g/mol. The normalized spacial score (nSPS) is 12.9. The summed E-state index contributed by atoms with van der Waals surface area (Å²) in [5.74, 6) is 0. The maximum atomic E-state index is 12.4. The number of rotatable bonds is 7. The molecule has 0 amide bonds. The molecular formula is C13H20F2N2O2S. The Kier molecular flexibility index (Phi) is 5.61. The summed E-state index contributed by atoms with van der Waals surface area (Å²) in [6, 6.07) is 6.04. The highest BCUT2D eigenvalue weighted by atomic mass is 32.2. The molecular weight excluding hydrogens is 286 g/mol. The van der Waals surface area contributed by atoms with Gasteiger partial charge in [-0.1, -0.05) is 24.3 Å². The lowest BCUT2D eigenvalue weighted by atomic mass is 10.1. The van der Waals surface area contributed by atoms with Gasteiger partial charge in [-0.15, -0.1) is 0 Å². The minimum Gasteiger partial charge on any atom is -0.311 e. The topological polar surface area (TPSA) is 58.2 Å². The van der Waals surface area contributed by atoms with Crippen LogP contribution in [0.2, 0.25) is 0 Å². The van der Waals surface area contributed by atoms with Crippen LogP contribution in [0.3, 0.4) is 0 Å². The molecule has 0 bridgehead atoms. The van der Waals surface area contributed by atoms with Crippen molar-refractivity contribution in [2.45, 2.75) is 32.4 Å². The highest BCUT2D eigenvalue weighted by Crippen LogP contribution is 2.18. The Balaban J connectivity index is 2.48. The van der Waals surface area contributed by atoms with Gasteiger partial charge in [0.15, 0.2) is 0 Å². The van der Waals surface area contributed by atoms with Gasteiger partial charge in [-0.05, 0) is 19.4 Å².